The molecule has 0 aromatic heterocycles. The van der Waals surface area contributed by atoms with Crippen molar-refractivity contribution in [3.8, 4) is 11.5 Å². The van der Waals surface area contributed by atoms with Crippen LogP contribution in [0.2, 0.25) is 0 Å². The van der Waals surface area contributed by atoms with Gasteiger partial charge in [0.15, 0.2) is 11.5 Å². The first-order valence-electron chi connectivity index (χ1n) is 5.27. The van der Waals surface area contributed by atoms with Gasteiger partial charge in [0, 0.05) is 24.1 Å². The number of ether oxygens (including phenoxy) is 2. The molecule has 1 aromatic rings. The van der Waals surface area contributed by atoms with Crippen LogP contribution in [-0.4, -0.2) is 30.8 Å². The van der Waals surface area contributed by atoms with Crippen LogP contribution >= 0.6 is 11.8 Å². The Hall–Kier alpha value is -1.40. The third-order valence-electron chi connectivity index (χ3n) is 2.15. The van der Waals surface area contributed by atoms with Crippen LogP contribution in [0.15, 0.2) is 18.2 Å². The summed E-state index contributed by atoms with van der Waals surface area (Å²) in [7, 11) is 0. The van der Waals surface area contributed by atoms with Gasteiger partial charge in [-0.25, -0.2) is 0 Å². The highest BCUT2D eigenvalue weighted by molar-refractivity contribution is 7.99. The molecule has 92 valence electrons. The Bertz CT molecular complexity index is 412. The topological polar surface area (TPSA) is 73.6 Å². The van der Waals surface area contributed by atoms with Crippen molar-refractivity contribution in [2.24, 2.45) is 5.73 Å². The lowest BCUT2D eigenvalue weighted by atomic mass is 10.3. The van der Waals surface area contributed by atoms with Crippen LogP contribution in [0.5, 0.6) is 11.5 Å². The van der Waals surface area contributed by atoms with Gasteiger partial charge in [0.25, 0.3) is 0 Å². The number of carbonyl (C=O) groups is 1. The first-order chi connectivity index (χ1) is 8.29. The van der Waals surface area contributed by atoms with Crippen LogP contribution in [0.1, 0.15) is 0 Å². The van der Waals surface area contributed by atoms with Crippen LogP contribution < -0.4 is 20.5 Å². The van der Waals surface area contributed by atoms with E-state index in [0.717, 1.165) is 5.75 Å². The number of nitrogens with two attached hydrogens (primary N) is 1. The van der Waals surface area contributed by atoms with Crippen molar-refractivity contribution in [1.82, 2.24) is 0 Å². The van der Waals surface area contributed by atoms with Crippen LogP contribution in [0, 0.1) is 0 Å². The highest BCUT2D eigenvalue weighted by Crippen LogP contribution is 2.34. The summed E-state index contributed by atoms with van der Waals surface area (Å²) < 4.78 is 10.4. The molecule has 6 heteroatoms. The molecule has 17 heavy (non-hydrogen) atoms. The average Bonchev–Trinajstić information content (AvgIpc) is 2.76. The van der Waals surface area contributed by atoms with Crippen LogP contribution in [0.25, 0.3) is 0 Å². The van der Waals surface area contributed by atoms with E-state index < -0.39 is 0 Å². The molecule has 0 radical (unpaired) electrons. The van der Waals surface area contributed by atoms with E-state index in [0.29, 0.717) is 29.5 Å². The van der Waals surface area contributed by atoms with E-state index in [-0.39, 0.29) is 12.7 Å². The number of fused-ring (bicyclic) bond motifs is 1. The van der Waals surface area contributed by atoms with E-state index in [9.17, 15) is 4.79 Å². The lowest BCUT2D eigenvalue weighted by Crippen LogP contribution is -2.15. The van der Waals surface area contributed by atoms with Crippen molar-refractivity contribution < 1.29 is 14.3 Å². The van der Waals surface area contributed by atoms with Gasteiger partial charge in [0.05, 0.1) is 5.75 Å². The van der Waals surface area contributed by atoms with Crippen molar-refractivity contribution in [2.45, 2.75) is 0 Å². The molecule has 1 aromatic carbocycles. The molecule has 0 atom stereocenters. The van der Waals surface area contributed by atoms with E-state index in [1.165, 1.54) is 11.8 Å². The number of thioether (sulfide) groups is 1. The molecule has 1 aliphatic rings. The fourth-order valence-corrected chi connectivity index (χ4v) is 1.99. The van der Waals surface area contributed by atoms with Crippen LogP contribution in [0.4, 0.5) is 5.69 Å². The second-order valence-electron chi connectivity index (χ2n) is 3.46. The maximum atomic E-state index is 11.5. The van der Waals surface area contributed by atoms with Crippen LogP contribution in [-0.2, 0) is 4.79 Å². The van der Waals surface area contributed by atoms with E-state index in [1.807, 2.05) is 0 Å². The second-order valence-corrected chi connectivity index (χ2v) is 4.56. The summed E-state index contributed by atoms with van der Waals surface area (Å²) in [6.07, 6.45) is 0. The molecule has 3 N–H and O–H groups in total. The monoisotopic (exact) mass is 254 g/mol. The van der Waals surface area contributed by atoms with Crippen molar-refractivity contribution in [2.75, 3.05) is 30.2 Å². The second kappa shape index (κ2) is 5.79. The number of anilines is 1. The van der Waals surface area contributed by atoms with E-state index in [1.54, 1.807) is 18.2 Å². The molecule has 0 aliphatic carbocycles. The molecular weight excluding hydrogens is 240 g/mol. The minimum Gasteiger partial charge on any atom is -0.454 e. The van der Waals surface area contributed by atoms with Gasteiger partial charge in [-0.1, -0.05) is 0 Å². The van der Waals surface area contributed by atoms with E-state index in [4.69, 9.17) is 15.2 Å². The van der Waals surface area contributed by atoms with Crippen LogP contribution in [0.3, 0.4) is 0 Å². The largest absolute Gasteiger partial charge is 0.454 e. The van der Waals surface area contributed by atoms with Gasteiger partial charge in [0.2, 0.25) is 12.7 Å². The summed E-state index contributed by atoms with van der Waals surface area (Å²) in [4.78, 5) is 11.5. The lowest BCUT2D eigenvalue weighted by molar-refractivity contribution is -0.113. The number of hydrogen-bond acceptors (Lipinski definition) is 5. The number of benzene rings is 1. The molecule has 0 saturated heterocycles. The number of carbonyl (C=O) groups excluding carboxylic acids is 1. The molecule has 0 spiro atoms. The Morgan fingerprint density at radius 1 is 1.41 bits per heavy atom. The predicted molar refractivity (Wildman–Crippen MR) is 67.6 cm³/mol. The van der Waals surface area contributed by atoms with Gasteiger partial charge in [-0.05, 0) is 12.1 Å². The summed E-state index contributed by atoms with van der Waals surface area (Å²) in [5.41, 5.74) is 6.06. The Morgan fingerprint density at radius 2 is 2.24 bits per heavy atom. The maximum absolute atomic E-state index is 11.5. The summed E-state index contributed by atoms with van der Waals surface area (Å²) in [5.74, 6) is 2.53. The van der Waals surface area contributed by atoms with E-state index >= 15 is 0 Å². The van der Waals surface area contributed by atoms with Crippen molar-refractivity contribution in [1.29, 1.82) is 0 Å². The molecule has 0 saturated carbocycles. The zero-order valence-electron chi connectivity index (χ0n) is 9.27. The first kappa shape index (κ1) is 12.1. The zero-order valence-corrected chi connectivity index (χ0v) is 10.1. The van der Waals surface area contributed by atoms with Crippen molar-refractivity contribution >= 4 is 23.4 Å². The number of nitrogens with one attached hydrogen (secondary N) is 1. The Balaban J connectivity index is 1.88. The molecule has 2 rings (SSSR count). The molecule has 1 heterocycles. The number of rotatable bonds is 5. The SMILES string of the molecule is NCCSCC(=O)Nc1ccc2c(c1)OCO2. The molecule has 1 aliphatic heterocycles. The van der Waals surface area contributed by atoms with Crippen molar-refractivity contribution in [3.05, 3.63) is 18.2 Å². The van der Waals surface area contributed by atoms with Gasteiger partial charge in [0.1, 0.15) is 0 Å². The summed E-state index contributed by atoms with van der Waals surface area (Å²) in [5, 5.41) is 2.79. The molecular formula is C11H14N2O3S. The van der Waals surface area contributed by atoms with Gasteiger partial charge in [-0.2, -0.15) is 11.8 Å². The van der Waals surface area contributed by atoms with Crippen molar-refractivity contribution in [3.63, 3.8) is 0 Å². The highest BCUT2D eigenvalue weighted by atomic mass is 32.2. The first-order valence-corrected chi connectivity index (χ1v) is 6.42. The number of hydrogen-bond donors (Lipinski definition) is 2. The highest BCUT2D eigenvalue weighted by Gasteiger charge is 2.13. The van der Waals surface area contributed by atoms with E-state index in [2.05, 4.69) is 5.32 Å². The fraction of sp³-hybridized carbons (Fsp3) is 0.364. The Kier molecular flexibility index (Phi) is 4.11. The quantitative estimate of drug-likeness (QED) is 0.768. The summed E-state index contributed by atoms with van der Waals surface area (Å²) >= 11 is 1.51. The van der Waals surface area contributed by atoms with Gasteiger partial charge >= 0.3 is 0 Å². The molecule has 0 fully saturated rings. The zero-order chi connectivity index (χ0) is 12.1. The fourth-order valence-electron chi connectivity index (χ4n) is 1.42. The normalized spacial score (nSPS) is 12.5. The summed E-state index contributed by atoms with van der Waals surface area (Å²) in [6, 6.07) is 5.33. The summed E-state index contributed by atoms with van der Waals surface area (Å²) in [6.45, 7) is 0.820. The molecule has 5 nitrogen and oxygen atoms in total. The maximum Gasteiger partial charge on any atom is 0.234 e. The standard InChI is InChI=1S/C11H14N2O3S/c12-3-4-17-6-11(14)13-8-1-2-9-10(5-8)16-7-15-9/h1-2,5H,3-4,6-7,12H2,(H,13,14). The lowest BCUT2D eigenvalue weighted by Gasteiger charge is -2.05. The average molecular weight is 254 g/mol. The Labute approximate surface area is 104 Å². The van der Waals surface area contributed by atoms with Gasteiger partial charge < -0.3 is 20.5 Å². The predicted octanol–water partition coefficient (Wildman–Crippen LogP) is 1.05. The number of amides is 1. The Morgan fingerprint density at radius 3 is 3.06 bits per heavy atom. The third kappa shape index (κ3) is 3.28. The minimum atomic E-state index is -0.0395. The smallest absolute Gasteiger partial charge is 0.234 e. The van der Waals surface area contributed by atoms with Gasteiger partial charge in [-0.3, -0.25) is 4.79 Å². The molecule has 1 amide bonds. The minimum absolute atomic E-state index is 0.0395. The molecule has 0 unspecified atom stereocenters. The van der Waals surface area contributed by atoms with Gasteiger partial charge in [-0.15, -0.1) is 0 Å². The molecule has 0 bridgehead atoms. The third-order valence-corrected chi connectivity index (χ3v) is 3.14.